The zero-order chi connectivity index (χ0) is 22.5. The van der Waals surface area contributed by atoms with E-state index in [0.717, 1.165) is 23.4 Å². The summed E-state index contributed by atoms with van der Waals surface area (Å²) < 4.78 is 7.66. The number of hydrogen-bond acceptors (Lipinski definition) is 3. The number of halogens is 2. The molecular formula is C24H25Cl2N3O2. The third kappa shape index (κ3) is 5.30. The monoisotopic (exact) mass is 457 g/mol. The van der Waals surface area contributed by atoms with Gasteiger partial charge in [0.05, 0.1) is 16.9 Å². The van der Waals surface area contributed by atoms with Gasteiger partial charge in [-0.1, -0.05) is 48.3 Å². The van der Waals surface area contributed by atoms with Crippen LogP contribution in [0.1, 0.15) is 35.0 Å². The van der Waals surface area contributed by atoms with Gasteiger partial charge in [0.1, 0.15) is 5.75 Å². The van der Waals surface area contributed by atoms with Crippen LogP contribution in [0.4, 0.5) is 0 Å². The van der Waals surface area contributed by atoms with Gasteiger partial charge in [-0.25, -0.2) is 5.43 Å². The van der Waals surface area contributed by atoms with Crippen molar-refractivity contribution in [3.63, 3.8) is 0 Å². The summed E-state index contributed by atoms with van der Waals surface area (Å²) in [6.45, 7) is 8.19. The molecule has 0 aliphatic heterocycles. The molecule has 0 spiro atoms. The molecule has 7 heteroatoms. The maximum Gasteiger partial charge on any atom is 0.277 e. The summed E-state index contributed by atoms with van der Waals surface area (Å²) in [7, 11) is 0. The second-order valence-corrected chi connectivity index (χ2v) is 8.10. The second kappa shape index (κ2) is 10.0. The molecule has 5 nitrogen and oxygen atoms in total. The molecule has 1 N–H and O–H groups in total. The molecule has 3 aromatic rings. The maximum absolute atomic E-state index is 12.1. The third-order valence-electron chi connectivity index (χ3n) is 5.04. The quantitative estimate of drug-likeness (QED) is 0.359. The first-order chi connectivity index (χ1) is 14.8. The lowest BCUT2D eigenvalue weighted by Crippen LogP contribution is -2.24. The molecule has 1 amide bonds. The third-order valence-corrected chi connectivity index (χ3v) is 5.57. The highest BCUT2D eigenvalue weighted by Crippen LogP contribution is 2.28. The fourth-order valence-electron chi connectivity index (χ4n) is 3.53. The van der Waals surface area contributed by atoms with Gasteiger partial charge in [0.25, 0.3) is 5.91 Å². The van der Waals surface area contributed by atoms with Crippen molar-refractivity contribution >= 4 is 35.3 Å². The standard InChI is InChI=1S/C24H25Cl2N3O2/c1-5-18-8-6-7-15(2)24(18)29-16(3)11-19(17(29)4)13-27-28-23(30)14-31-22-10-9-20(25)12-21(22)26/h6-13H,5,14H2,1-4H3,(H,28,30)/b27-13+. The van der Waals surface area contributed by atoms with Gasteiger partial charge in [0, 0.05) is 22.0 Å². The van der Waals surface area contributed by atoms with E-state index in [1.165, 1.54) is 16.8 Å². The van der Waals surface area contributed by atoms with Gasteiger partial charge in [-0.05, 0) is 62.6 Å². The van der Waals surface area contributed by atoms with Gasteiger partial charge in [0.15, 0.2) is 6.61 Å². The molecule has 0 aliphatic rings. The largest absolute Gasteiger partial charge is 0.482 e. The molecule has 0 fully saturated rings. The van der Waals surface area contributed by atoms with E-state index in [9.17, 15) is 4.79 Å². The first-order valence-electron chi connectivity index (χ1n) is 9.99. The molecule has 2 aromatic carbocycles. The van der Waals surface area contributed by atoms with Crippen LogP contribution >= 0.6 is 23.2 Å². The summed E-state index contributed by atoms with van der Waals surface area (Å²) in [5, 5.41) is 4.94. The van der Waals surface area contributed by atoms with Gasteiger partial charge in [-0.2, -0.15) is 5.10 Å². The summed E-state index contributed by atoms with van der Waals surface area (Å²) in [5.74, 6) is 0.00180. The number of amides is 1. The zero-order valence-electron chi connectivity index (χ0n) is 18.0. The van der Waals surface area contributed by atoms with Crippen LogP contribution in [-0.2, 0) is 11.2 Å². The number of rotatable bonds is 7. The predicted molar refractivity (Wildman–Crippen MR) is 127 cm³/mol. The lowest BCUT2D eigenvalue weighted by Gasteiger charge is -2.17. The molecule has 0 atom stereocenters. The van der Waals surface area contributed by atoms with Crippen LogP contribution in [0.3, 0.4) is 0 Å². The summed E-state index contributed by atoms with van der Waals surface area (Å²) >= 11 is 11.9. The average molecular weight is 458 g/mol. The number of nitrogens with zero attached hydrogens (tertiary/aromatic N) is 2. The minimum absolute atomic E-state index is 0.208. The number of carbonyl (C=O) groups excluding carboxylic acids is 1. The molecular weight excluding hydrogens is 433 g/mol. The Hall–Kier alpha value is -2.76. The van der Waals surface area contributed by atoms with E-state index < -0.39 is 0 Å². The van der Waals surface area contributed by atoms with Crippen molar-refractivity contribution < 1.29 is 9.53 Å². The maximum atomic E-state index is 12.1. The van der Waals surface area contributed by atoms with Crippen molar-refractivity contribution in [3.05, 3.63) is 80.6 Å². The molecule has 1 heterocycles. The fraction of sp³-hybridized carbons (Fsp3) is 0.250. The number of para-hydroxylation sites is 1. The van der Waals surface area contributed by atoms with Crippen molar-refractivity contribution in [1.29, 1.82) is 0 Å². The van der Waals surface area contributed by atoms with E-state index in [2.05, 4.69) is 60.1 Å². The zero-order valence-corrected chi connectivity index (χ0v) is 19.5. The van der Waals surface area contributed by atoms with Crippen LogP contribution in [0.15, 0.2) is 47.6 Å². The van der Waals surface area contributed by atoms with E-state index in [0.29, 0.717) is 15.8 Å². The lowest BCUT2D eigenvalue weighted by molar-refractivity contribution is -0.123. The second-order valence-electron chi connectivity index (χ2n) is 7.25. The van der Waals surface area contributed by atoms with Crippen molar-refractivity contribution in [3.8, 4) is 11.4 Å². The number of aryl methyl sites for hydroxylation is 3. The van der Waals surface area contributed by atoms with Crippen LogP contribution in [0.2, 0.25) is 10.0 Å². The molecule has 0 bridgehead atoms. The highest BCUT2D eigenvalue weighted by atomic mass is 35.5. The number of aromatic nitrogens is 1. The number of carbonyl (C=O) groups is 1. The number of nitrogens with one attached hydrogen (secondary N) is 1. The molecule has 0 saturated heterocycles. The predicted octanol–water partition coefficient (Wildman–Crippen LogP) is 5.80. The van der Waals surface area contributed by atoms with Crippen molar-refractivity contribution in [1.82, 2.24) is 9.99 Å². The molecule has 0 unspecified atom stereocenters. The van der Waals surface area contributed by atoms with Gasteiger partial charge in [-0.15, -0.1) is 0 Å². The van der Waals surface area contributed by atoms with Crippen LogP contribution in [-0.4, -0.2) is 23.3 Å². The number of ether oxygens (including phenoxy) is 1. The highest BCUT2D eigenvalue weighted by Gasteiger charge is 2.14. The van der Waals surface area contributed by atoms with Gasteiger partial charge in [-0.3, -0.25) is 4.79 Å². The van der Waals surface area contributed by atoms with Crippen LogP contribution < -0.4 is 10.2 Å². The minimum atomic E-state index is -0.386. The smallest absolute Gasteiger partial charge is 0.277 e. The Morgan fingerprint density at radius 1 is 1.16 bits per heavy atom. The highest BCUT2D eigenvalue weighted by molar-refractivity contribution is 6.35. The molecule has 0 saturated carbocycles. The molecule has 0 radical (unpaired) electrons. The van der Waals surface area contributed by atoms with Gasteiger partial charge < -0.3 is 9.30 Å². The molecule has 3 rings (SSSR count). The van der Waals surface area contributed by atoms with E-state index in [-0.39, 0.29) is 12.5 Å². The Bertz CT molecular complexity index is 1140. The number of hydrazone groups is 1. The normalized spacial score (nSPS) is 11.2. The van der Waals surface area contributed by atoms with Crippen molar-refractivity contribution in [2.75, 3.05) is 6.61 Å². The Balaban J connectivity index is 1.70. The average Bonchev–Trinajstić information content (AvgIpc) is 3.00. The SMILES string of the molecule is CCc1cccc(C)c1-n1c(C)cc(/C=N/NC(=O)COc2ccc(Cl)cc2Cl)c1C. The van der Waals surface area contributed by atoms with E-state index in [1.807, 2.05) is 6.92 Å². The molecule has 1 aromatic heterocycles. The molecule has 31 heavy (non-hydrogen) atoms. The Labute approximate surface area is 192 Å². The Kier molecular flexibility index (Phi) is 7.42. The van der Waals surface area contributed by atoms with Crippen molar-refractivity contribution in [2.24, 2.45) is 5.10 Å². The minimum Gasteiger partial charge on any atom is -0.482 e. The van der Waals surface area contributed by atoms with Crippen LogP contribution in [0.25, 0.3) is 5.69 Å². The van der Waals surface area contributed by atoms with E-state index in [1.54, 1.807) is 24.4 Å². The number of benzene rings is 2. The fourth-order valence-corrected chi connectivity index (χ4v) is 3.99. The summed E-state index contributed by atoms with van der Waals surface area (Å²) in [5.41, 5.74) is 9.30. The first-order valence-corrected chi connectivity index (χ1v) is 10.7. The van der Waals surface area contributed by atoms with Crippen molar-refractivity contribution in [2.45, 2.75) is 34.1 Å². The van der Waals surface area contributed by atoms with Gasteiger partial charge >= 0.3 is 0 Å². The Morgan fingerprint density at radius 3 is 2.65 bits per heavy atom. The lowest BCUT2D eigenvalue weighted by atomic mass is 10.1. The number of hydrogen-bond donors (Lipinski definition) is 1. The topological polar surface area (TPSA) is 55.6 Å². The summed E-state index contributed by atoms with van der Waals surface area (Å²) in [6.07, 6.45) is 2.60. The summed E-state index contributed by atoms with van der Waals surface area (Å²) in [6, 6.07) is 13.2. The van der Waals surface area contributed by atoms with E-state index >= 15 is 0 Å². The molecule has 0 aliphatic carbocycles. The molecule has 162 valence electrons. The van der Waals surface area contributed by atoms with E-state index in [4.69, 9.17) is 27.9 Å². The van der Waals surface area contributed by atoms with Gasteiger partial charge in [0.2, 0.25) is 0 Å². The Morgan fingerprint density at radius 2 is 1.94 bits per heavy atom. The van der Waals surface area contributed by atoms with Crippen LogP contribution in [0, 0.1) is 20.8 Å². The summed E-state index contributed by atoms with van der Waals surface area (Å²) in [4.78, 5) is 12.1. The van der Waals surface area contributed by atoms with Crippen LogP contribution in [0.5, 0.6) is 5.75 Å². The first kappa shape index (κ1) is 22.9.